The lowest BCUT2D eigenvalue weighted by molar-refractivity contribution is -0.141. The number of carbonyl (C=O) groups is 2. The zero-order valence-electron chi connectivity index (χ0n) is 27.4. The Kier molecular flexibility index (Phi) is 9.90. The number of carbonyl (C=O) groups excluding carboxylic acids is 2. The molecule has 0 bridgehead atoms. The minimum Gasteiger partial charge on any atom is -0.465 e. The molecule has 0 spiro atoms. The molecule has 2 aromatic heterocycles. The first kappa shape index (κ1) is 33.6. The molecular weight excluding hydrogens is 644 g/mol. The highest BCUT2D eigenvalue weighted by Gasteiger charge is 2.30. The predicted molar refractivity (Wildman–Crippen MR) is 187 cm³/mol. The number of aliphatic imine (C=N–C) groups is 1. The SMILES string of the molecule is CCOC(=O)CN(c1ccc2c(c1)nc(Cc1ccc(C(N)=NC(=O)OC3CCCCC3)cc1)n2C)S(=O)(=O)c1cccc2cccnc12. The van der Waals surface area contributed by atoms with Crippen molar-refractivity contribution in [3.8, 4) is 0 Å². The molecular formula is C36H38N6O6S. The molecule has 0 saturated heterocycles. The minimum absolute atomic E-state index is 0.0213. The van der Waals surface area contributed by atoms with Gasteiger partial charge in [0.15, 0.2) is 0 Å². The van der Waals surface area contributed by atoms with Gasteiger partial charge in [-0.05, 0) is 68.5 Å². The molecule has 0 unspecified atom stereocenters. The average molecular weight is 683 g/mol. The van der Waals surface area contributed by atoms with Gasteiger partial charge in [0.2, 0.25) is 0 Å². The van der Waals surface area contributed by atoms with E-state index < -0.39 is 28.6 Å². The van der Waals surface area contributed by atoms with Gasteiger partial charge in [0, 0.05) is 30.6 Å². The van der Waals surface area contributed by atoms with Crippen molar-refractivity contribution in [3.05, 3.63) is 95.9 Å². The highest BCUT2D eigenvalue weighted by molar-refractivity contribution is 7.93. The summed E-state index contributed by atoms with van der Waals surface area (Å²) in [6, 6.07) is 20.9. The summed E-state index contributed by atoms with van der Waals surface area (Å²) in [5, 5.41) is 0.657. The van der Waals surface area contributed by atoms with Gasteiger partial charge in [-0.3, -0.25) is 14.1 Å². The van der Waals surface area contributed by atoms with E-state index >= 15 is 0 Å². The van der Waals surface area contributed by atoms with E-state index in [4.69, 9.17) is 20.2 Å². The third-order valence-corrected chi connectivity index (χ3v) is 10.4. The van der Waals surface area contributed by atoms with E-state index in [1.54, 1.807) is 61.5 Å². The van der Waals surface area contributed by atoms with Gasteiger partial charge in [-0.25, -0.2) is 18.2 Å². The molecule has 49 heavy (non-hydrogen) atoms. The molecule has 3 aromatic carbocycles. The number of esters is 1. The number of para-hydroxylation sites is 1. The van der Waals surface area contributed by atoms with Crippen LogP contribution in [0.3, 0.4) is 0 Å². The van der Waals surface area contributed by atoms with Gasteiger partial charge in [-0.15, -0.1) is 0 Å². The van der Waals surface area contributed by atoms with Crippen LogP contribution in [0.2, 0.25) is 0 Å². The second kappa shape index (κ2) is 14.4. The zero-order chi connectivity index (χ0) is 34.5. The van der Waals surface area contributed by atoms with Crippen LogP contribution in [-0.4, -0.2) is 60.1 Å². The first-order valence-corrected chi connectivity index (χ1v) is 17.7. The Morgan fingerprint density at radius 3 is 2.53 bits per heavy atom. The Balaban J connectivity index is 1.25. The third-order valence-electron chi connectivity index (χ3n) is 8.63. The molecule has 0 radical (unpaired) electrons. The molecule has 0 atom stereocenters. The van der Waals surface area contributed by atoms with Crippen LogP contribution < -0.4 is 10.0 Å². The van der Waals surface area contributed by atoms with Gasteiger partial charge in [0.05, 0.1) is 28.8 Å². The van der Waals surface area contributed by atoms with Crippen molar-refractivity contribution in [2.45, 2.75) is 56.4 Å². The van der Waals surface area contributed by atoms with Crippen LogP contribution in [0, 0.1) is 0 Å². The number of imidazole rings is 1. The van der Waals surface area contributed by atoms with Crippen LogP contribution in [-0.2, 0) is 37.8 Å². The molecule has 1 aliphatic carbocycles. The average Bonchev–Trinajstić information content (AvgIpc) is 3.41. The maximum atomic E-state index is 14.2. The van der Waals surface area contributed by atoms with E-state index in [-0.39, 0.29) is 29.1 Å². The van der Waals surface area contributed by atoms with E-state index in [9.17, 15) is 18.0 Å². The quantitative estimate of drug-likeness (QED) is 0.112. The van der Waals surface area contributed by atoms with Crippen molar-refractivity contribution in [2.75, 3.05) is 17.5 Å². The number of fused-ring (bicyclic) bond motifs is 2. The fraction of sp³-hybridized carbons (Fsp3) is 0.306. The predicted octanol–water partition coefficient (Wildman–Crippen LogP) is 5.65. The number of ether oxygens (including phenoxy) is 2. The fourth-order valence-electron chi connectivity index (χ4n) is 6.08. The monoisotopic (exact) mass is 682 g/mol. The lowest BCUT2D eigenvalue weighted by atomic mass is 9.98. The van der Waals surface area contributed by atoms with Crippen molar-refractivity contribution in [3.63, 3.8) is 0 Å². The van der Waals surface area contributed by atoms with Crippen molar-refractivity contribution in [2.24, 2.45) is 17.8 Å². The first-order chi connectivity index (χ1) is 23.6. The Bertz CT molecular complexity index is 2130. The van der Waals surface area contributed by atoms with Crippen LogP contribution in [0.25, 0.3) is 21.9 Å². The van der Waals surface area contributed by atoms with Gasteiger partial charge in [0.25, 0.3) is 10.0 Å². The first-order valence-electron chi connectivity index (χ1n) is 16.3. The summed E-state index contributed by atoms with van der Waals surface area (Å²) in [6.07, 6.45) is 6.19. The standard InChI is InChI=1S/C36H38N6O6S/c1-3-47-33(43)23-42(49(45,46)31-13-7-9-25-10-8-20-38-34(25)31)27-18-19-30-29(22-27)39-32(41(30)2)21-24-14-16-26(17-15-24)35(37)40-36(44)48-28-11-5-4-6-12-28/h7-10,13-20,22,28H,3-6,11-12,21,23H2,1-2H3,(H2,37,40,44). The number of pyridine rings is 1. The normalized spacial score (nSPS) is 14.2. The number of aryl methyl sites for hydroxylation is 1. The Morgan fingerprint density at radius 2 is 1.78 bits per heavy atom. The zero-order valence-corrected chi connectivity index (χ0v) is 28.2. The lowest BCUT2D eigenvalue weighted by Gasteiger charge is -2.24. The van der Waals surface area contributed by atoms with Gasteiger partial charge >= 0.3 is 12.1 Å². The van der Waals surface area contributed by atoms with Crippen LogP contribution in [0.5, 0.6) is 0 Å². The number of amidine groups is 1. The summed E-state index contributed by atoms with van der Waals surface area (Å²) in [4.78, 5) is 38.0. The summed E-state index contributed by atoms with van der Waals surface area (Å²) in [6.45, 7) is 1.25. The van der Waals surface area contributed by atoms with Gasteiger partial charge in [-0.2, -0.15) is 4.99 Å². The van der Waals surface area contributed by atoms with E-state index in [0.29, 0.717) is 28.4 Å². The summed E-state index contributed by atoms with van der Waals surface area (Å²) >= 11 is 0. The van der Waals surface area contributed by atoms with Crippen molar-refractivity contribution in [1.82, 2.24) is 14.5 Å². The number of hydrogen-bond acceptors (Lipinski definition) is 8. The smallest absolute Gasteiger partial charge is 0.435 e. The molecule has 1 aliphatic rings. The number of anilines is 1. The highest BCUT2D eigenvalue weighted by Crippen LogP contribution is 2.31. The minimum atomic E-state index is -4.25. The highest BCUT2D eigenvalue weighted by atomic mass is 32.2. The van der Waals surface area contributed by atoms with Crippen LogP contribution in [0.15, 0.2) is 88.9 Å². The van der Waals surface area contributed by atoms with E-state index in [1.165, 1.54) is 12.3 Å². The molecule has 2 heterocycles. The number of hydrogen-bond donors (Lipinski definition) is 1. The molecule has 1 fully saturated rings. The Labute approximate surface area is 284 Å². The molecule has 0 aliphatic heterocycles. The van der Waals surface area contributed by atoms with E-state index in [1.807, 2.05) is 23.7 Å². The number of rotatable bonds is 10. The third kappa shape index (κ3) is 7.41. The van der Waals surface area contributed by atoms with Gasteiger partial charge in [-0.1, -0.05) is 48.9 Å². The van der Waals surface area contributed by atoms with E-state index in [0.717, 1.165) is 53.3 Å². The van der Waals surface area contributed by atoms with Crippen LogP contribution >= 0.6 is 0 Å². The summed E-state index contributed by atoms with van der Waals surface area (Å²) < 4.78 is 41.9. The summed E-state index contributed by atoms with van der Waals surface area (Å²) in [7, 11) is -2.37. The number of benzene rings is 3. The molecule has 6 rings (SSSR count). The van der Waals surface area contributed by atoms with Crippen molar-refractivity contribution < 1.29 is 27.5 Å². The topological polar surface area (TPSA) is 159 Å². The molecule has 2 N–H and O–H groups in total. The number of nitrogens with two attached hydrogens (primary N) is 1. The Morgan fingerprint density at radius 1 is 1.02 bits per heavy atom. The molecule has 1 saturated carbocycles. The maximum absolute atomic E-state index is 14.2. The second-order valence-electron chi connectivity index (χ2n) is 11.9. The largest absolute Gasteiger partial charge is 0.465 e. The molecule has 12 nitrogen and oxygen atoms in total. The van der Waals surface area contributed by atoms with Crippen LogP contribution in [0.4, 0.5) is 10.5 Å². The molecule has 1 amide bonds. The Hall–Kier alpha value is -5.30. The second-order valence-corrected chi connectivity index (χ2v) is 13.8. The van der Waals surface area contributed by atoms with Crippen molar-refractivity contribution >= 4 is 55.5 Å². The molecule has 5 aromatic rings. The molecule has 13 heteroatoms. The van der Waals surface area contributed by atoms with Gasteiger partial charge in [0.1, 0.15) is 29.2 Å². The fourth-order valence-corrected chi connectivity index (χ4v) is 7.65. The number of aromatic nitrogens is 3. The van der Waals surface area contributed by atoms with Crippen LogP contribution in [0.1, 0.15) is 56.0 Å². The number of nitrogens with zero attached hydrogens (tertiary/aromatic N) is 5. The lowest BCUT2D eigenvalue weighted by Crippen LogP contribution is -2.36. The number of amides is 1. The van der Waals surface area contributed by atoms with Crippen molar-refractivity contribution in [1.29, 1.82) is 0 Å². The van der Waals surface area contributed by atoms with E-state index in [2.05, 4.69) is 9.98 Å². The number of sulfonamides is 1. The summed E-state index contributed by atoms with van der Waals surface area (Å²) in [5.74, 6) is 0.135. The molecule has 254 valence electrons. The maximum Gasteiger partial charge on any atom is 0.435 e. The summed E-state index contributed by atoms with van der Waals surface area (Å²) in [5.41, 5.74) is 9.56. The van der Waals surface area contributed by atoms with Gasteiger partial charge < -0.3 is 19.8 Å².